The van der Waals surface area contributed by atoms with Gasteiger partial charge in [-0.05, 0) is 19.9 Å². The van der Waals surface area contributed by atoms with Gasteiger partial charge in [-0.3, -0.25) is 0 Å². The van der Waals surface area contributed by atoms with Crippen molar-refractivity contribution in [3.8, 4) is 0 Å². The van der Waals surface area contributed by atoms with Crippen molar-refractivity contribution in [1.29, 1.82) is 0 Å². The second-order valence-electron chi connectivity index (χ2n) is 2.63. The van der Waals surface area contributed by atoms with Gasteiger partial charge in [0.05, 0.1) is 5.54 Å². The summed E-state index contributed by atoms with van der Waals surface area (Å²) in [6.45, 7) is 4.03. The fraction of sp³-hybridized carbons (Fsp3) is 0.667. The van der Waals surface area contributed by atoms with Crippen LogP contribution in [0.2, 0.25) is 0 Å². The van der Waals surface area contributed by atoms with E-state index in [0.717, 1.165) is 5.82 Å². The van der Waals surface area contributed by atoms with Gasteiger partial charge in [0.2, 0.25) is 0 Å². The van der Waals surface area contributed by atoms with Crippen LogP contribution in [0.4, 0.5) is 0 Å². The van der Waals surface area contributed by atoms with Crippen LogP contribution in [0, 0.1) is 0 Å². The number of hydrogen-bond acceptors (Lipinski definition) is 3. The first kappa shape index (κ1) is 6.26. The van der Waals surface area contributed by atoms with E-state index in [2.05, 4.69) is 15.5 Å². The molecule has 9 heavy (non-hydrogen) atoms. The molecule has 1 aliphatic rings. The third-order valence-electron chi connectivity index (χ3n) is 1.16. The third-order valence-corrected chi connectivity index (χ3v) is 1.16. The molecule has 0 aromatic rings. The Hall–Kier alpha value is -0.860. The molecule has 0 bridgehead atoms. The number of hydrogen-bond donors (Lipinski definition) is 1. The minimum Gasteiger partial charge on any atom is -0.372 e. The first-order valence-corrected chi connectivity index (χ1v) is 2.97. The average Bonchev–Trinajstić information content (AvgIpc) is 2.10. The Morgan fingerprint density at radius 1 is 1.56 bits per heavy atom. The molecule has 3 nitrogen and oxygen atoms in total. The zero-order valence-corrected chi connectivity index (χ0v) is 5.97. The maximum atomic E-state index is 3.99. The Kier molecular flexibility index (Phi) is 1.27. The van der Waals surface area contributed by atoms with Crippen LogP contribution in [0.3, 0.4) is 0 Å². The Labute approximate surface area is 54.9 Å². The average molecular weight is 125 g/mol. The molecule has 0 radical (unpaired) electrons. The summed E-state index contributed by atoms with van der Waals surface area (Å²) in [4.78, 5) is 0. The summed E-state index contributed by atoms with van der Waals surface area (Å²) in [6.07, 6.45) is 1.99. The molecule has 0 spiro atoms. The lowest BCUT2D eigenvalue weighted by Crippen LogP contribution is -2.10. The lowest BCUT2D eigenvalue weighted by Gasteiger charge is -2.04. The van der Waals surface area contributed by atoms with Crippen LogP contribution in [0.15, 0.2) is 22.1 Å². The summed E-state index contributed by atoms with van der Waals surface area (Å²) < 4.78 is 0. The first-order chi connectivity index (χ1) is 4.14. The molecule has 0 saturated heterocycles. The van der Waals surface area contributed by atoms with E-state index in [1.807, 2.05) is 27.0 Å². The molecular formula is C6H11N3. The van der Waals surface area contributed by atoms with Gasteiger partial charge >= 0.3 is 0 Å². The first-order valence-electron chi connectivity index (χ1n) is 2.97. The second-order valence-corrected chi connectivity index (χ2v) is 2.63. The molecule has 0 saturated carbocycles. The molecule has 50 valence electrons. The highest BCUT2D eigenvalue weighted by atomic mass is 15.2. The summed E-state index contributed by atoms with van der Waals surface area (Å²) in [5.41, 5.74) is -0.0989. The molecule has 1 rings (SSSR count). The molecule has 1 heterocycles. The fourth-order valence-electron chi connectivity index (χ4n) is 0.697. The van der Waals surface area contributed by atoms with Gasteiger partial charge in [0.15, 0.2) is 0 Å². The Balaban J connectivity index is 2.74. The van der Waals surface area contributed by atoms with Gasteiger partial charge in [-0.15, -0.1) is 5.11 Å². The Morgan fingerprint density at radius 3 is 2.44 bits per heavy atom. The van der Waals surface area contributed by atoms with E-state index in [4.69, 9.17) is 0 Å². The van der Waals surface area contributed by atoms with Crippen molar-refractivity contribution < 1.29 is 0 Å². The van der Waals surface area contributed by atoms with Crippen molar-refractivity contribution in [3.05, 3.63) is 11.9 Å². The van der Waals surface area contributed by atoms with E-state index in [1.54, 1.807) is 0 Å². The van der Waals surface area contributed by atoms with Gasteiger partial charge in [0, 0.05) is 7.05 Å². The zero-order valence-electron chi connectivity index (χ0n) is 5.97. The van der Waals surface area contributed by atoms with Crippen molar-refractivity contribution in [2.24, 2.45) is 10.2 Å². The van der Waals surface area contributed by atoms with Crippen molar-refractivity contribution in [1.82, 2.24) is 5.32 Å². The molecule has 0 fully saturated rings. The molecule has 0 aromatic heterocycles. The normalized spacial score (nSPS) is 21.9. The lowest BCUT2D eigenvalue weighted by molar-refractivity contribution is 0.644. The fourth-order valence-corrected chi connectivity index (χ4v) is 0.697. The highest BCUT2D eigenvalue weighted by Gasteiger charge is 2.18. The summed E-state index contributed by atoms with van der Waals surface area (Å²) >= 11 is 0. The second kappa shape index (κ2) is 1.83. The standard InChI is InChI=1S/C6H11N3/c1-6(2)4-5(7-3)8-9-6/h4,7H,1-3H3. The van der Waals surface area contributed by atoms with E-state index in [9.17, 15) is 0 Å². The summed E-state index contributed by atoms with van der Waals surface area (Å²) in [5.74, 6) is 0.861. The topological polar surface area (TPSA) is 36.8 Å². The van der Waals surface area contributed by atoms with Crippen molar-refractivity contribution in [2.45, 2.75) is 19.4 Å². The molecule has 0 atom stereocenters. The van der Waals surface area contributed by atoms with E-state index < -0.39 is 0 Å². The van der Waals surface area contributed by atoms with Crippen LogP contribution in [0.1, 0.15) is 13.8 Å². The van der Waals surface area contributed by atoms with Crippen molar-refractivity contribution in [3.63, 3.8) is 0 Å². The van der Waals surface area contributed by atoms with Gasteiger partial charge in [-0.1, -0.05) is 0 Å². The highest BCUT2D eigenvalue weighted by molar-refractivity contribution is 5.12. The monoisotopic (exact) mass is 125 g/mol. The van der Waals surface area contributed by atoms with Crippen molar-refractivity contribution >= 4 is 0 Å². The predicted molar refractivity (Wildman–Crippen MR) is 36.1 cm³/mol. The molecule has 0 unspecified atom stereocenters. The van der Waals surface area contributed by atoms with Gasteiger partial charge in [-0.2, -0.15) is 5.11 Å². The number of nitrogens with zero attached hydrogens (tertiary/aromatic N) is 2. The van der Waals surface area contributed by atoms with Crippen LogP contribution in [0.5, 0.6) is 0 Å². The molecule has 1 aliphatic heterocycles. The van der Waals surface area contributed by atoms with Crippen molar-refractivity contribution in [2.75, 3.05) is 7.05 Å². The predicted octanol–water partition coefficient (Wildman–Crippen LogP) is 1.29. The Morgan fingerprint density at radius 2 is 2.22 bits per heavy atom. The van der Waals surface area contributed by atoms with Crippen LogP contribution >= 0.6 is 0 Å². The van der Waals surface area contributed by atoms with Crippen LogP contribution < -0.4 is 5.32 Å². The van der Waals surface area contributed by atoms with Gasteiger partial charge in [-0.25, -0.2) is 0 Å². The Bertz CT molecular complexity index is 167. The SMILES string of the molecule is CNC1=CC(C)(C)N=N1. The van der Waals surface area contributed by atoms with E-state index >= 15 is 0 Å². The minimum atomic E-state index is -0.0989. The van der Waals surface area contributed by atoms with Crippen LogP contribution in [0.25, 0.3) is 0 Å². The summed E-state index contributed by atoms with van der Waals surface area (Å²) in [6, 6.07) is 0. The largest absolute Gasteiger partial charge is 0.372 e. The minimum absolute atomic E-state index is 0.0989. The van der Waals surface area contributed by atoms with Crippen LogP contribution in [-0.4, -0.2) is 12.6 Å². The smallest absolute Gasteiger partial charge is 0.146 e. The number of azo groups is 1. The van der Waals surface area contributed by atoms with E-state index in [-0.39, 0.29) is 5.54 Å². The maximum absolute atomic E-state index is 3.99. The third kappa shape index (κ3) is 1.28. The molecule has 1 N–H and O–H groups in total. The number of rotatable bonds is 1. The summed E-state index contributed by atoms with van der Waals surface area (Å²) in [7, 11) is 1.84. The van der Waals surface area contributed by atoms with Gasteiger partial charge < -0.3 is 5.32 Å². The molecule has 0 aliphatic carbocycles. The molecule has 0 amide bonds. The molecule has 3 heteroatoms. The van der Waals surface area contributed by atoms with Crippen LogP contribution in [-0.2, 0) is 0 Å². The summed E-state index contributed by atoms with van der Waals surface area (Å²) in [5, 5.41) is 10.8. The molecule has 0 aromatic carbocycles. The quantitative estimate of drug-likeness (QED) is 0.563. The van der Waals surface area contributed by atoms with E-state index in [1.165, 1.54) is 0 Å². The highest BCUT2D eigenvalue weighted by Crippen LogP contribution is 2.20. The number of nitrogens with one attached hydrogen (secondary N) is 1. The van der Waals surface area contributed by atoms with E-state index in [0.29, 0.717) is 0 Å². The molecular weight excluding hydrogens is 114 g/mol. The van der Waals surface area contributed by atoms with Gasteiger partial charge in [0.1, 0.15) is 5.82 Å². The maximum Gasteiger partial charge on any atom is 0.146 e. The lowest BCUT2D eigenvalue weighted by atomic mass is 10.1. The van der Waals surface area contributed by atoms with Gasteiger partial charge in [0.25, 0.3) is 0 Å². The zero-order chi connectivity index (χ0) is 6.91.